The average molecular weight is 295 g/mol. The molecule has 2 aromatic carbocycles. The summed E-state index contributed by atoms with van der Waals surface area (Å²) in [7, 11) is 4.14. The average Bonchev–Trinajstić information content (AvgIpc) is 2.22. The fourth-order valence-electron chi connectivity index (χ4n) is 1.84. The van der Waals surface area contributed by atoms with Crippen LogP contribution in [0.25, 0.3) is 10.8 Å². The number of fused-ring (bicyclic) bond motifs is 1. The number of nitrogens with zero attached hydrogens (tertiary/aromatic N) is 1. The molecule has 0 heterocycles. The van der Waals surface area contributed by atoms with Crippen LogP contribution in [0.5, 0.6) is 0 Å². The normalized spacial score (nSPS) is 11.2. The Labute approximate surface area is 110 Å². The molecule has 16 heavy (non-hydrogen) atoms. The molecule has 0 N–H and O–H groups in total. The first-order valence-corrected chi connectivity index (χ1v) is 6.45. The van der Waals surface area contributed by atoms with Crippen molar-refractivity contribution in [3.63, 3.8) is 0 Å². The van der Waals surface area contributed by atoms with Crippen LogP contribution in [0, 0.1) is 0 Å². The van der Waals surface area contributed by atoms with E-state index in [-0.39, 0.29) is 0 Å². The molecule has 0 aromatic heterocycles. The molecule has 0 unspecified atom stereocenters. The van der Waals surface area contributed by atoms with E-state index in [1.165, 1.54) is 20.8 Å². The van der Waals surface area contributed by atoms with Crippen molar-refractivity contribution >= 4 is 43.9 Å². The van der Waals surface area contributed by atoms with Crippen LogP contribution in [-0.2, 0) is 6.54 Å². The summed E-state index contributed by atoms with van der Waals surface area (Å²) in [4.78, 5) is 3.24. The predicted molar refractivity (Wildman–Crippen MR) is 74.0 cm³/mol. The summed E-state index contributed by atoms with van der Waals surface area (Å²) in [6, 6.07) is 10.6. The van der Waals surface area contributed by atoms with Crippen molar-refractivity contribution < 1.29 is 0 Å². The van der Waals surface area contributed by atoms with Gasteiger partial charge in [0.2, 0.25) is 0 Å². The minimum atomic E-state index is 0.920. The summed E-state index contributed by atoms with van der Waals surface area (Å²) in [6.07, 6.45) is 0. The molecule has 1 radical (unpaired) electrons. The van der Waals surface area contributed by atoms with E-state index in [2.05, 4.69) is 78.0 Å². The van der Waals surface area contributed by atoms with E-state index < -0.39 is 0 Å². The van der Waals surface area contributed by atoms with Crippen molar-refractivity contribution in [1.29, 1.82) is 0 Å². The Morgan fingerprint density at radius 1 is 1.19 bits per heavy atom. The monoisotopic (exact) mass is 296 g/mol. The molecule has 0 bridgehead atoms. The summed E-state index contributed by atoms with van der Waals surface area (Å²) >= 11 is 7.77. The van der Waals surface area contributed by atoms with Gasteiger partial charge in [0.25, 0.3) is 0 Å². The molecule has 0 saturated carbocycles. The van der Waals surface area contributed by atoms with Crippen LogP contribution in [-0.4, -0.2) is 35.0 Å². The Kier molecular flexibility index (Phi) is 3.60. The summed E-state index contributed by atoms with van der Waals surface area (Å²) in [5, 5.41) is 2.47. The molecule has 2 rings (SSSR count). The standard InChI is InChI=1S/C13H14NSSe/c1-14(2)8-10-7-6-9-4-3-5-11(16)12(9)13(10)15/h3-7,15H,8H2,1-2H3. The van der Waals surface area contributed by atoms with Crippen molar-refractivity contribution in [2.75, 3.05) is 14.1 Å². The quantitative estimate of drug-likeness (QED) is 0.655. The summed E-state index contributed by atoms with van der Waals surface area (Å²) in [6.45, 7) is 0.920. The number of hydrogen-bond donors (Lipinski definition) is 1. The van der Waals surface area contributed by atoms with E-state index in [4.69, 9.17) is 0 Å². The predicted octanol–water partition coefficient (Wildman–Crippen LogP) is 1.98. The van der Waals surface area contributed by atoms with E-state index >= 15 is 0 Å². The molecule has 2 aromatic rings. The first-order chi connectivity index (χ1) is 7.59. The van der Waals surface area contributed by atoms with Crippen molar-refractivity contribution in [3.05, 3.63) is 35.9 Å². The molecule has 0 spiro atoms. The van der Waals surface area contributed by atoms with Crippen LogP contribution in [0.3, 0.4) is 0 Å². The summed E-state index contributed by atoms with van der Waals surface area (Å²) in [5.74, 6) is 0. The maximum absolute atomic E-state index is 4.66. The van der Waals surface area contributed by atoms with Crippen LogP contribution in [0.4, 0.5) is 0 Å². The molecule has 3 heteroatoms. The first kappa shape index (κ1) is 12.0. The molecule has 0 amide bonds. The summed E-state index contributed by atoms with van der Waals surface area (Å²) in [5.41, 5.74) is 1.27. The Morgan fingerprint density at radius 3 is 2.62 bits per heavy atom. The third-order valence-electron chi connectivity index (χ3n) is 2.55. The fourth-order valence-corrected chi connectivity index (χ4v) is 3.03. The van der Waals surface area contributed by atoms with Crippen LogP contribution in [0.2, 0.25) is 0 Å². The van der Waals surface area contributed by atoms with Gasteiger partial charge in [-0.05, 0) is 0 Å². The van der Waals surface area contributed by atoms with Crippen molar-refractivity contribution in [1.82, 2.24) is 4.90 Å². The van der Waals surface area contributed by atoms with Gasteiger partial charge in [0.1, 0.15) is 0 Å². The van der Waals surface area contributed by atoms with Gasteiger partial charge >= 0.3 is 110 Å². The van der Waals surface area contributed by atoms with E-state index in [1.54, 1.807) is 0 Å². The Bertz CT molecular complexity index is 523. The van der Waals surface area contributed by atoms with Crippen LogP contribution in [0.1, 0.15) is 5.56 Å². The minimum absolute atomic E-state index is 0.920. The van der Waals surface area contributed by atoms with Gasteiger partial charge in [0, 0.05) is 0 Å². The van der Waals surface area contributed by atoms with E-state index in [0.29, 0.717) is 0 Å². The van der Waals surface area contributed by atoms with Gasteiger partial charge in [0.05, 0.1) is 0 Å². The Morgan fingerprint density at radius 2 is 1.94 bits per heavy atom. The molecular weight excluding hydrogens is 281 g/mol. The first-order valence-electron chi connectivity index (χ1n) is 5.15. The zero-order valence-electron chi connectivity index (χ0n) is 9.40. The van der Waals surface area contributed by atoms with Crippen LogP contribution in [0.15, 0.2) is 35.2 Å². The Balaban J connectivity index is 2.64. The molecule has 0 fully saturated rings. The van der Waals surface area contributed by atoms with Gasteiger partial charge < -0.3 is 0 Å². The SMILES string of the molecule is CN(C)Cc1ccc2cccc([Se])c2c1S. The molecule has 0 saturated heterocycles. The van der Waals surface area contributed by atoms with E-state index in [9.17, 15) is 0 Å². The fraction of sp³-hybridized carbons (Fsp3) is 0.231. The van der Waals surface area contributed by atoms with Gasteiger partial charge in [-0.1, -0.05) is 0 Å². The number of rotatable bonds is 2. The van der Waals surface area contributed by atoms with Crippen molar-refractivity contribution in [2.45, 2.75) is 11.4 Å². The molecule has 0 aliphatic heterocycles. The second-order valence-electron chi connectivity index (χ2n) is 4.17. The van der Waals surface area contributed by atoms with Gasteiger partial charge in [-0.15, -0.1) is 0 Å². The third-order valence-corrected chi connectivity index (χ3v) is 3.77. The van der Waals surface area contributed by atoms with Gasteiger partial charge in [-0.25, -0.2) is 0 Å². The second kappa shape index (κ2) is 4.80. The van der Waals surface area contributed by atoms with Gasteiger partial charge in [-0.3, -0.25) is 0 Å². The molecule has 0 atom stereocenters. The molecule has 0 aliphatic carbocycles. The van der Waals surface area contributed by atoms with Gasteiger partial charge in [-0.2, -0.15) is 0 Å². The maximum atomic E-state index is 4.66. The van der Waals surface area contributed by atoms with Crippen LogP contribution < -0.4 is 4.46 Å². The van der Waals surface area contributed by atoms with Crippen molar-refractivity contribution in [3.8, 4) is 0 Å². The second-order valence-corrected chi connectivity index (χ2v) is 5.54. The summed E-state index contributed by atoms with van der Waals surface area (Å²) < 4.78 is 1.17. The molecule has 0 aliphatic rings. The number of thiol groups is 1. The third kappa shape index (κ3) is 2.28. The molecule has 1 nitrogen and oxygen atoms in total. The van der Waals surface area contributed by atoms with E-state index in [0.717, 1.165) is 11.4 Å². The Hall–Kier alpha value is -0.471. The number of hydrogen-bond acceptors (Lipinski definition) is 2. The van der Waals surface area contributed by atoms with Gasteiger partial charge in [0.15, 0.2) is 0 Å². The molecular formula is C13H14NSSe. The zero-order valence-corrected chi connectivity index (χ0v) is 12.0. The zero-order chi connectivity index (χ0) is 11.7. The van der Waals surface area contributed by atoms with Crippen molar-refractivity contribution in [2.24, 2.45) is 0 Å². The molecule has 83 valence electrons. The number of benzene rings is 2. The topological polar surface area (TPSA) is 3.24 Å². The van der Waals surface area contributed by atoms with Crippen LogP contribution >= 0.6 is 12.6 Å². The van der Waals surface area contributed by atoms with E-state index in [1.807, 2.05) is 0 Å².